The summed E-state index contributed by atoms with van der Waals surface area (Å²) in [4.78, 5) is 32.3. The van der Waals surface area contributed by atoms with Crippen molar-refractivity contribution in [2.75, 3.05) is 26.2 Å². The second-order valence-electron chi connectivity index (χ2n) is 9.07. The van der Waals surface area contributed by atoms with E-state index in [2.05, 4.69) is 4.98 Å². The number of rotatable bonds is 6. The molecule has 0 spiro atoms. The number of fused-ring (bicyclic) bond motifs is 1. The van der Waals surface area contributed by atoms with Crippen molar-refractivity contribution in [2.24, 2.45) is 0 Å². The van der Waals surface area contributed by atoms with Gasteiger partial charge < -0.3 is 9.64 Å². The number of benzene rings is 3. The number of aromatic nitrogens is 1. The second-order valence-corrected chi connectivity index (χ2v) is 11.4. The Morgan fingerprint density at radius 3 is 2.42 bits per heavy atom. The van der Waals surface area contributed by atoms with E-state index < -0.39 is 22.0 Å². The quantitative estimate of drug-likeness (QED) is 0.287. The molecule has 1 aliphatic rings. The van der Waals surface area contributed by atoms with Crippen LogP contribution in [0.1, 0.15) is 17.3 Å². The first-order chi connectivity index (χ1) is 18.8. The Bertz CT molecular complexity index is 1650. The highest BCUT2D eigenvalue weighted by molar-refractivity contribution is 7.89. The fourth-order valence-corrected chi connectivity index (χ4v) is 6.56. The molecule has 2 heterocycles. The molecule has 1 saturated heterocycles. The highest BCUT2D eigenvalue weighted by Crippen LogP contribution is 2.29. The maximum atomic E-state index is 13.8. The van der Waals surface area contributed by atoms with Crippen molar-refractivity contribution in [3.63, 3.8) is 0 Å². The van der Waals surface area contributed by atoms with Gasteiger partial charge in [0, 0.05) is 42.6 Å². The first-order valence-corrected chi connectivity index (χ1v) is 14.3. The van der Waals surface area contributed by atoms with Crippen molar-refractivity contribution >= 4 is 56.7 Å². The molecule has 1 unspecified atom stereocenters. The molecule has 11 heteroatoms. The lowest BCUT2D eigenvalue weighted by Crippen LogP contribution is -2.59. The van der Waals surface area contributed by atoms with Gasteiger partial charge in [0.05, 0.1) is 11.5 Å². The summed E-state index contributed by atoms with van der Waals surface area (Å²) in [6, 6.07) is 19.6. The molecule has 0 aliphatic carbocycles. The lowest BCUT2D eigenvalue weighted by molar-refractivity contribution is -0.149. The van der Waals surface area contributed by atoms with Crippen molar-refractivity contribution in [1.82, 2.24) is 14.2 Å². The summed E-state index contributed by atoms with van der Waals surface area (Å²) in [7, 11) is -4.09. The summed E-state index contributed by atoms with van der Waals surface area (Å²) in [5.74, 6) is -0.995. The van der Waals surface area contributed by atoms with Gasteiger partial charge in [0.2, 0.25) is 10.0 Å². The van der Waals surface area contributed by atoms with E-state index in [0.717, 1.165) is 20.8 Å². The molecule has 1 aliphatic heterocycles. The molecule has 1 aromatic heterocycles. The van der Waals surface area contributed by atoms with Crippen LogP contribution >= 0.6 is 24.0 Å². The fraction of sp³-hybridized carbons (Fsp3) is 0.207. The van der Waals surface area contributed by atoms with Crippen molar-refractivity contribution in [3.8, 4) is 11.1 Å². The predicted octanol–water partition coefficient (Wildman–Crippen LogP) is 5.06. The van der Waals surface area contributed by atoms with Gasteiger partial charge in [0.25, 0.3) is 5.91 Å². The molecule has 1 fully saturated rings. The molecule has 0 saturated carbocycles. The largest absolute Gasteiger partial charge is 0.465 e. The Kier molecular flexibility index (Phi) is 9.10. The molecular weight excluding hydrogens is 573 g/mol. The summed E-state index contributed by atoms with van der Waals surface area (Å²) in [6.45, 7) is 1.65. The number of carbonyl (C=O) groups excluding carboxylic acids is 2. The number of nitrogens with zero attached hydrogens (tertiary/aromatic N) is 3. The number of piperazine rings is 1. The standard InChI is InChI=1S/C29H26ClN3O5S.ClH/c1-2-38-29(35)27-19-32(28(34)26-6-4-3-5-25(26)20-11-13-31-14-12-20)15-16-33(27)39(36,37)24-10-8-21-17-23(30)9-7-22(21)18-24;/h3-14,17-18,27H,2,15-16,19H2,1H3;1H. The van der Waals surface area contributed by atoms with E-state index in [9.17, 15) is 18.0 Å². The van der Waals surface area contributed by atoms with Crippen LogP contribution in [-0.4, -0.2) is 66.8 Å². The van der Waals surface area contributed by atoms with Crippen LogP contribution in [0.5, 0.6) is 0 Å². The minimum atomic E-state index is -4.09. The first-order valence-electron chi connectivity index (χ1n) is 12.5. The zero-order valence-electron chi connectivity index (χ0n) is 21.6. The average molecular weight is 601 g/mol. The van der Waals surface area contributed by atoms with Crippen LogP contribution in [-0.2, 0) is 19.6 Å². The summed E-state index contributed by atoms with van der Waals surface area (Å²) in [6.07, 6.45) is 3.30. The smallest absolute Gasteiger partial charge is 0.326 e. The van der Waals surface area contributed by atoms with E-state index in [1.165, 1.54) is 11.0 Å². The fourth-order valence-electron chi connectivity index (χ4n) is 4.78. The topological polar surface area (TPSA) is 96.9 Å². The molecule has 5 rings (SSSR count). The van der Waals surface area contributed by atoms with Gasteiger partial charge in [-0.25, -0.2) is 8.42 Å². The van der Waals surface area contributed by atoms with Crippen LogP contribution in [0, 0.1) is 0 Å². The average Bonchev–Trinajstić information content (AvgIpc) is 2.96. The molecule has 0 N–H and O–H groups in total. The number of hydrogen-bond donors (Lipinski definition) is 0. The third-order valence-electron chi connectivity index (χ3n) is 6.71. The normalized spacial score (nSPS) is 15.8. The number of sulfonamides is 1. The van der Waals surface area contributed by atoms with Crippen LogP contribution in [0.25, 0.3) is 21.9 Å². The summed E-state index contributed by atoms with van der Waals surface area (Å²) in [5, 5.41) is 2.05. The molecule has 0 radical (unpaired) electrons. The van der Waals surface area contributed by atoms with Gasteiger partial charge in [-0.2, -0.15) is 4.31 Å². The summed E-state index contributed by atoms with van der Waals surface area (Å²) >= 11 is 6.07. The van der Waals surface area contributed by atoms with E-state index in [1.54, 1.807) is 61.8 Å². The zero-order valence-corrected chi connectivity index (χ0v) is 24.0. The number of carbonyl (C=O) groups is 2. The molecule has 40 heavy (non-hydrogen) atoms. The number of ether oxygens (including phenoxy) is 1. The number of pyridine rings is 1. The molecule has 1 atom stereocenters. The van der Waals surface area contributed by atoms with Crippen molar-refractivity contribution < 1.29 is 22.7 Å². The third-order valence-corrected chi connectivity index (χ3v) is 8.85. The molecular formula is C29H27Cl2N3O5S. The molecule has 3 aromatic carbocycles. The number of halogens is 2. The molecule has 0 bridgehead atoms. The summed E-state index contributed by atoms with van der Waals surface area (Å²) < 4.78 is 34.0. The number of hydrogen-bond acceptors (Lipinski definition) is 6. The Morgan fingerprint density at radius 2 is 1.68 bits per heavy atom. The molecule has 8 nitrogen and oxygen atoms in total. The zero-order chi connectivity index (χ0) is 27.6. The maximum Gasteiger partial charge on any atom is 0.326 e. The van der Waals surface area contributed by atoms with Gasteiger partial charge in [0.1, 0.15) is 6.04 Å². The van der Waals surface area contributed by atoms with E-state index in [4.69, 9.17) is 16.3 Å². The lowest BCUT2D eigenvalue weighted by Gasteiger charge is -2.39. The van der Waals surface area contributed by atoms with Crippen LogP contribution in [0.4, 0.5) is 0 Å². The second kappa shape index (κ2) is 12.3. The SMILES string of the molecule is CCOC(=O)C1CN(C(=O)c2ccccc2-c2ccncc2)CCN1S(=O)(=O)c1ccc2cc(Cl)ccc2c1.Cl. The van der Waals surface area contributed by atoms with Crippen molar-refractivity contribution in [1.29, 1.82) is 0 Å². The van der Waals surface area contributed by atoms with Crippen LogP contribution < -0.4 is 0 Å². The molecule has 1 amide bonds. The van der Waals surface area contributed by atoms with E-state index in [-0.39, 0.29) is 49.5 Å². The molecule has 4 aromatic rings. The van der Waals surface area contributed by atoms with Crippen molar-refractivity contribution in [3.05, 3.63) is 95.8 Å². The lowest BCUT2D eigenvalue weighted by atomic mass is 9.99. The monoisotopic (exact) mass is 599 g/mol. The maximum absolute atomic E-state index is 13.8. The van der Waals surface area contributed by atoms with Crippen LogP contribution in [0.15, 0.2) is 90.1 Å². The van der Waals surface area contributed by atoms with Crippen LogP contribution in [0.3, 0.4) is 0 Å². The number of esters is 1. The minimum Gasteiger partial charge on any atom is -0.465 e. The van der Waals surface area contributed by atoms with Gasteiger partial charge in [-0.15, -0.1) is 12.4 Å². The Labute approximate surface area is 244 Å². The van der Waals surface area contributed by atoms with Crippen LogP contribution in [0.2, 0.25) is 5.02 Å². The number of amides is 1. The molecule has 208 valence electrons. The van der Waals surface area contributed by atoms with E-state index in [1.807, 2.05) is 24.3 Å². The van der Waals surface area contributed by atoms with Gasteiger partial charge in [-0.05, 0) is 71.3 Å². The van der Waals surface area contributed by atoms with Crippen molar-refractivity contribution in [2.45, 2.75) is 17.9 Å². The van der Waals surface area contributed by atoms with Gasteiger partial charge >= 0.3 is 5.97 Å². The van der Waals surface area contributed by atoms with E-state index >= 15 is 0 Å². The Morgan fingerprint density at radius 1 is 0.975 bits per heavy atom. The Balaban J connectivity index is 0.00000370. The first kappa shape index (κ1) is 29.5. The van der Waals surface area contributed by atoms with Gasteiger partial charge in [-0.3, -0.25) is 14.6 Å². The highest BCUT2D eigenvalue weighted by atomic mass is 35.5. The highest BCUT2D eigenvalue weighted by Gasteiger charge is 2.42. The third kappa shape index (κ3) is 5.83. The minimum absolute atomic E-state index is 0. The van der Waals surface area contributed by atoms with Gasteiger partial charge in [-0.1, -0.05) is 41.9 Å². The van der Waals surface area contributed by atoms with E-state index in [0.29, 0.717) is 16.0 Å². The summed E-state index contributed by atoms with van der Waals surface area (Å²) in [5.41, 5.74) is 2.01. The predicted molar refractivity (Wildman–Crippen MR) is 156 cm³/mol. The van der Waals surface area contributed by atoms with Gasteiger partial charge in [0.15, 0.2) is 0 Å². The Hall–Kier alpha value is -3.50.